The maximum absolute atomic E-state index is 12.5. The predicted molar refractivity (Wildman–Crippen MR) is 112 cm³/mol. The average molecular weight is 416 g/mol. The van der Waals surface area contributed by atoms with Crippen LogP contribution < -0.4 is 10.1 Å². The van der Waals surface area contributed by atoms with Crippen LogP contribution >= 0.6 is 11.6 Å². The van der Waals surface area contributed by atoms with Gasteiger partial charge in [0, 0.05) is 11.1 Å². The Balaban J connectivity index is 1.53. The number of carbonyl (C=O) groups excluding carboxylic acids is 2. The standard InChI is InChI=1S/C23H26ClNO4/c1-16-6-2-4-8-20(16)25-22(26)15-29-23(27)19-7-3-5-9-21(19)28-14-17-10-12-18(24)13-11-17/h3,5,7,9-13,16,20H,2,4,6,8,14-15H2,1H3,(H,25,26)/t16-,20+/m1/s1. The summed E-state index contributed by atoms with van der Waals surface area (Å²) >= 11 is 5.89. The number of benzene rings is 2. The lowest BCUT2D eigenvalue weighted by Gasteiger charge is -2.29. The van der Waals surface area contributed by atoms with Gasteiger partial charge in [-0.1, -0.05) is 55.6 Å². The first-order chi connectivity index (χ1) is 14.0. The molecule has 154 valence electrons. The Morgan fingerprint density at radius 1 is 1.07 bits per heavy atom. The van der Waals surface area contributed by atoms with Gasteiger partial charge in [-0.25, -0.2) is 4.79 Å². The van der Waals surface area contributed by atoms with Crippen molar-refractivity contribution in [2.75, 3.05) is 6.61 Å². The molecule has 29 heavy (non-hydrogen) atoms. The van der Waals surface area contributed by atoms with Crippen molar-refractivity contribution in [2.24, 2.45) is 5.92 Å². The Kier molecular flexibility index (Phi) is 7.53. The van der Waals surface area contributed by atoms with Crippen LogP contribution in [0.25, 0.3) is 0 Å². The Bertz CT molecular complexity index is 837. The van der Waals surface area contributed by atoms with Crippen molar-refractivity contribution in [1.82, 2.24) is 5.32 Å². The van der Waals surface area contributed by atoms with Crippen LogP contribution in [0.5, 0.6) is 5.75 Å². The minimum absolute atomic E-state index is 0.157. The van der Waals surface area contributed by atoms with Gasteiger partial charge in [0.2, 0.25) is 0 Å². The Hall–Kier alpha value is -2.53. The van der Waals surface area contributed by atoms with E-state index in [1.165, 1.54) is 6.42 Å². The predicted octanol–water partition coefficient (Wildman–Crippen LogP) is 4.77. The number of hydrogen-bond acceptors (Lipinski definition) is 4. The summed E-state index contributed by atoms with van der Waals surface area (Å²) in [5.74, 6) is 0.0133. The third kappa shape index (κ3) is 6.23. The summed E-state index contributed by atoms with van der Waals surface area (Å²) in [6.45, 7) is 2.14. The van der Waals surface area contributed by atoms with Gasteiger partial charge in [-0.3, -0.25) is 4.79 Å². The minimum Gasteiger partial charge on any atom is -0.488 e. The minimum atomic E-state index is -0.580. The molecule has 5 nitrogen and oxygen atoms in total. The molecule has 6 heteroatoms. The van der Waals surface area contributed by atoms with Crippen LogP contribution in [-0.2, 0) is 16.1 Å². The fourth-order valence-electron chi connectivity index (χ4n) is 3.49. The number of amides is 1. The molecule has 1 aliphatic carbocycles. The number of halogens is 1. The third-order valence-electron chi connectivity index (χ3n) is 5.21. The highest BCUT2D eigenvalue weighted by molar-refractivity contribution is 6.30. The molecule has 1 saturated carbocycles. The number of carbonyl (C=O) groups is 2. The molecule has 0 aliphatic heterocycles. The highest BCUT2D eigenvalue weighted by Gasteiger charge is 2.23. The molecule has 1 amide bonds. The smallest absolute Gasteiger partial charge is 0.342 e. The largest absolute Gasteiger partial charge is 0.488 e. The van der Waals surface area contributed by atoms with Gasteiger partial charge in [0.05, 0.1) is 0 Å². The van der Waals surface area contributed by atoms with E-state index in [2.05, 4.69) is 12.2 Å². The van der Waals surface area contributed by atoms with Crippen molar-refractivity contribution in [3.8, 4) is 5.75 Å². The average Bonchev–Trinajstić information content (AvgIpc) is 2.73. The third-order valence-corrected chi connectivity index (χ3v) is 5.46. The van der Waals surface area contributed by atoms with Crippen LogP contribution in [0.1, 0.15) is 48.5 Å². The first-order valence-corrected chi connectivity index (χ1v) is 10.3. The van der Waals surface area contributed by atoms with E-state index in [1.54, 1.807) is 36.4 Å². The molecule has 0 spiro atoms. The molecule has 1 aliphatic rings. The lowest BCUT2D eigenvalue weighted by Crippen LogP contribution is -2.42. The van der Waals surface area contributed by atoms with Crippen molar-refractivity contribution >= 4 is 23.5 Å². The monoisotopic (exact) mass is 415 g/mol. The summed E-state index contributed by atoms with van der Waals surface area (Å²) < 4.78 is 11.0. The van der Waals surface area contributed by atoms with Crippen molar-refractivity contribution in [3.63, 3.8) is 0 Å². The highest BCUT2D eigenvalue weighted by Crippen LogP contribution is 2.24. The number of ether oxygens (including phenoxy) is 2. The summed E-state index contributed by atoms with van der Waals surface area (Å²) in [6, 6.07) is 14.3. The summed E-state index contributed by atoms with van der Waals surface area (Å²) in [6.07, 6.45) is 4.41. The molecule has 0 aromatic heterocycles. The zero-order chi connectivity index (χ0) is 20.6. The molecule has 0 heterocycles. The SMILES string of the molecule is C[C@@H]1CCCC[C@@H]1NC(=O)COC(=O)c1ccccc1OCc1ccc(Cl)cc1. The number of rotatable bonds is 7. The summed E-state index contributed by atoms with van der Waals surface area (Å²) in [5.41, 5.74) is 1.22. The molecule has 0 bridgehead atoms. The van der Waals surface area contributed by atoms with Gasteiger partial charge in [0.15, 0.2) is 6.61 Å². The van der Waals surface area contributed by atoms with E-state index in [0.29, 0.717) is 28.9 Å². The topological polar surface area (TPSA) is 64.6 Å². The van der Waals surface area contributed by atoms with Crippen LogP contribution in [0.2, 0.25) is 5.02 Å². The number of esters is 1. The summed E-state index contributed by atoms with van der Waals surface area (Å²) in [5, 5.41) is 3.63. The van der Waals surface area contributed by atoms with E-state index in [9.17, 15) is 9.59 Å². The second-order valence-corrected chi connectivity index (χ2v) is 7.86. The van der Waals surface area contributed by atoms with Crippen LogP contribution in [0, 0.1) is 5.92 Å². The van der Waals surface area contributed by atoms with E-state index >= 15 is 0 Å². The number of hydrogen-bond donors (Lipinski definition) is 1. The van der Waals surface area contributed by atoms with Gasteiger partial charge in [-0.05, 0) is 48.6 Å². The Morgan fingerprint density at radius 2 is 1.79 bits per heavy atom. The molecule has 0 unspecified atom stereocenters. The zero-order valence-electron chi connectivity index (χ0n) is 16.5. The van der Waals surface area contributed by atoms with Crippen molar-refractivity contribution in [3.05, 3.63) is 64.7 Å². The van der Waals surface area contributed by atoms with Gasteiger partial charge in [-0.15, -0.1) is 0 Å². The molecule has 1 fully saturated rings. The molecule has 2 aromatic carbocycles. The van der Waals surface area contributed by atoms with Crippen molar-refractivity contribution < 1.29 is 19.1 Å². The van der Waals surface area contributed by atoms with Gasteiger partial charge < -0.3 is 14.8 Å². The highest BCUT2D eigenvalue weighted by atomic mass is 35.5. The molecular weight excluding hydrogens is 390 g/mol. The fraction of sp³-hybridized carbons (Fsp3) is 0.391. The van der Waals surface area contributed by atoms with E-state index in [-0.39, 0.29) is 18.6 Å². The van der Waals surface area contributed by atoms with Crippen LogP contribution in [0.4, 0.5) is 0 Å². The van der Waals surface area contributed by atoms with E-state index in [4.69, 9.17) is 21.1 Å². The zero-order valence-corrected chi connectivity index (χ0v) is 17.3. The molecular formula is C23H26ClNO4. The van der Waals surface area contributed by atoms with E-state index in [0.717, 1.165) is 24.8 Å². The van der Waals surface area contributed by atoms with Gasteiger partial charge in [0.25, 0.3) is 5.91 Å². The summed E-state index contributed by atoms with van der Waals surface area (Å²) in [7, 11) is 0. The van der Waals surface area contributed by atoms with Crippen LogP contribution in [0.3, 0.4) is 0 Å². The second kappa shape index (κ2) is 10.3. The second-order valence-electron chi connectivity index (χ2n) is 7.42. The molecule has 2 atom stereocenters. The quantitative estimate of drug-likeness (QED) is 0.661. The van der Waals surface area contributed by atoms with Gasteiger partial charge in [-0.2, -0.15) is 0 Å². The maximum atomic E-state index is 12.5. The summed E-state index contributed by atoms with van der Waals surface area (Å²) in [4.78, 5) is 24.7. The van der Waals surface area contributed by atoms with Crippen LogP contribution in [0.15, 0.2) is 48.5 Å². The number of nitrogens with one attached hydrogen (secondary N) is 1. The lowest BCUT2D eigenvalue weighted by molar-refractivity contribution is -0.125. The molecule has 0 saturated heterocycles. The molecule has 1 N–H and O–H groups in total. The van der Waals surface area contributed by atoms with Crippen LogP contribution in [-0.4, -0.2) is 24.5 Å². The normalized spacial score (nSPS) is 18.7. The van der Waals surface area contributed by atoms with Gasteiger partial charge in [0.1, 0.15) is 17.9 Å². The first-order valence-electron chi connectivity index (χ1n) is 9.95. The first kappa shape index (κ1) is 21.2. The Labute approximate surface area is 176 Å². The van der Waals surface area contributed by atoms with E-state index < -0.39 is 5.97 Å². The van der Waals surface area contributed by atoms with Crippen molar-refractivity contribution in [2.45, 2.75) is 45.3 Å². The van der Waals surface area contributed by atoms with Gasteiger partial charge >= 0.3 is 5.97 Å². The van der Waals surface area contributed by atoms with E-state index in [1.807, 2.05) is 12.1 Å². The molecule has 3 rings (SSSR count). The molecule has 0 radical (unpaired) electrons. The maximum Gasteiger partial charge on any atom is 0.342 e. The lowest BCUT2D eigenvalue weighted by atomic mass is 9.86. The van der Waals surface area contributed by atoms with Crippen molar-refractivity contribution in [1.29, 1.82) is 0 Å². The number of para-hydroxylation sites is 1. The fourth-order valence-corrected chi connectivity index (χ4v) is 3.62. The Morgan fingerprint density at radius 3 is 2.55 bits per heavy atom. The molecule has 2 aromatic rings.